The Morgan fingerprint density at radius 1 is 0.952 bits per heavy atom. The van der Waals surface area contributed by atoms with E-state index < -0.39 is 0 Å². The molecule has 21 heavy (non-hydrogen) atoms. The molecule has 2 heteroatoms. The Balaban J connectivity index is 2.39. The standard InChI is InChI=1S/C19H23NO/c1-12-10-13(2)17(20)11-16(12)18(21)14-6-8-15(9-7-14)19(3,4)5/h6-11H,20H2,1-5H3. The Bertz CT molecular complexity index is 676. The van der Waals surface area contributed by atoms with Crippen LogP contribution in [0.25, 0.3) is 0 Å². The van der Waals surface area contributed by atoms with Crippen molar-refractivity contribution < 1.29 is 4.79 Å². The van der Waals surface area contributed by atoms with Crippen molar-refractivity contribution in [1.82, 2.24) is 0 Å². The lowest BCUT2D eigenvalue weighted by atomic mass is 9.86. The van der Waals surface area contributed by atoms with Crippen molar-refractivity contribution in [2.45, 2.75) is 40.0 Å². The first kappa shape index (κ1) is 15.3. The van der Waals surface area contributed by atoms with Gasteiger partial charge in [-0.15, -0.1) is 0 Å². The molecule has 0 aliphatic carbocycles. The van der Waals surface area contributed by atoms with Crippen LogP contribution in [-0.4, -0.2) is 5.78 Å². The highest BCUT2D eigenvalue weighted by Gasteiger charge is 2.16. The van der Waals surface area contributed by atoms with E-state index in [0.717, 1.165) is 11.1 Å². The molecule has 0 fully saturated rings. The topological polar surface area (TPSA) is 43.1 Å². The van der Waals surface area contributed by atoms with Crippen molar-refractivity contribution in [3.05, 3.63) is 64.2 Å². The zero-order chi connectivity index (χ0) is 15.8. The summed E-state index contributed by atoms with van der Waals surface area (Å²) in [5.41, 5.74) is 11.3. The monoisotopic (exact) mass is 281 g/mol. The molecule has 0 bridgehead atoms. The average molecular weight is 281 g/mol. The van der Waals surface area contributed by atoms with Gasteiger partial charge in [0.15, 0.2) is 5.78 Å². The van der Waals surface area contributed by atoms with E-state index in [4.69, 9.17) is 5.73 Å². The minimum atomic E-state index is 0.0275. The number of nitrogens with two attached hydrogens (primary N) is 1. The smallest absolute Gasteiger partial charge is 0.193 e. The molecule has 0 unspecified atom stereocenters. The van der Waals surface area contributed by atoms with Gasteiger partial charge in [0.25, 0.3) is 0 Å². The SMILES string of the molecule is Cc1cc(C)c(C(=O)c2ccc(C(C)(C)C)cc2)cc1N. The fourth-order valence-corrected chi connectivity index (χ4v) is 2.39. The van der Waals surface area contributed by atoms with Crippen LogP contribution in [-0.2, 0) is 5.41 Å². The normalized spacial score (nSPS) is 11.5. The van der Waals surface area contributed by atoms with Crippen LogP contribution in [0.15, 0.2) is 36.4 Å². The van der Waals surface area contributed by atoms with Gasteiger partial charge in [0, 0.05) is 16.8 Å². The number of benzene rings is 2. The predicted molar refractivity (Wildman–Crippen MR) is 88.9 cm³/mol. The van der Waals surface area contributed by atoms with E-state index in [-0.39, 0.29) is 11.2 Å². The first-order valence-corrected chi connectivity index (χ1v) is 7.22. The second-order valence-corrected chi connectivity index (χ2v) is 6.68. The molecule has 0 amide bonds. The van der Waals surface area contributed by atoms with Crippen molar-refractivity contribution >= 4 is 11.5 Å². The van der Waals surface area contributed by atoms with Gasteiger partial charge < -0.3 is 5.73 Å². The molecular weight excluding hydrogens is 258 g/mol. The second-order valence-electron chi connectivity index (χ2n) is 6.68. The molecule has 2 N–H and O–H groups in total. The Morgan fingerprint density at radius 2 is 1.52 bits per heavy atom. The average Bonchev–Trinajstić information content (AvgIpc) is 2.41. The van der Waals surface area contributed by atoms with Crippen LogP contribution in [0.4, 0.5) is 5.69 Å². The molecule has 0 heterocycles. The van der Waals surface area contributed by atoms with Crippen LogP contribution in [0.1, 0.15) is 53.4 Å². The molecule has 2 nitrogen and oxygen atoms in total. The number of aryl methyl sites for hydroxylation is 2. The molecule has 0 aliphatic heterocycles. The molecule has 2 rings (SSSR count). The maximum atomic E-state index is 12.6. The molecule has 0 radical (unpaired) electrons. The molecule has 0 saturated heterocycles. The molecule has 0 atom stereocenters. The quantitative estimate of drug-likeness (QED) is 0.654. The van der Waals surface area contributed by atoms with E-state index in [1.54, 1.807) is 6.07 Å². The molecule has 0 aromatic heterocycles. The summed E-state index contributed by atoms with van der Waals surface area (Å²) < 4.78 is 0. The number of nitrogen functional groups attached to an aromatic ring is 1. The van der Waals surface area contributed by atoms with Crippen LogP contribution in [0, 0.1) is 13.8 Å². The van der Waals surface area contributed by atoms with Gasteiger partial charge in [0.1, 0.15) is 0 Å². The molecular formula is C19H23NO. The van der Waals surface area contributed by atoms with Gasteiger partial charge in [-0.25, -0.2) is 0 Å². The fourth-order valence-electron chi connectivity index (χ4n) is 2.39. The lowest BCUT2D eigenvalue weighted by Crippen LogP contribution is -2.12. The van der Waals surface area contributed by atoms with Crippen molar-refractivity contribution in [2.24, 2.45) is 0 Å². The first-order chi connectivity index (χ1) is 9.70. The second kappa shape index (κ2) is 5.36. The molecule has 0 aliphatic rings. The fraction of sp³-hybridized carbons (Fsp3) is 0.316. The Labute approximate surface area is 127 Å². The highest BCUT2D eigenvalue weighted by Crippen LogP contribution is 2.24. The highest BCUT2D eigenvalue weighted by atomic mass is 16.1. The zero-order valence-corrected chi connectivity index (χ0v) is 13.4. The molecule has 0 saturated carbocycles. The third-order valence-electron chi connectivity index (χ3n) is 3.87. The lowest BCUT2D eigenvalue weighted by Gasteiger charge is -2.19. The predicted octanol–water partition coefficient (Wildman–Crippen LogP) is 4.41. The summed E-state index contributed by atoms with van der Waals surface area (Å²) in [5, 5.41) is 0. The van der Waals surface area contributed by atoms with Crippen molar-refractivity contribution in [3.8, 4) is 0 Å². The first-order valence-electron chi connectivity index (χ1n) is 7.22. The highest BCUT2D eigenvalue weighted by molar-refractivity contribution is 6.10. The maximum absolute atomic E-state index is 12.6. The zero-order valence-electron chi connectivity index (χ0n) is 13.4. The summed E-state index contributed by atoms with van der Waals surface area (Å²) in [6.45, 7) is 10.4. The summed E-state index contributed by atoms with van der Waals surface area (Å²) in [6, 6.07) is 11.6. The molecule has 0 spiro atoms. The van der Waals surface area contributed by atoms with E-state index in [9.17, 15) is 4.79 Å². The number of carbonyl (C=O) groups excluding carboxylic acids is 1. The summed E-state index contributed by atoms with van der Waals surface area (Å²) in [4.78, 5) is 12.6. The van der Waals surface area contributed by atoms with Gasteiger partial charge in [-0.05, 0) is 42.0 Å². The van der Waals surface area contributed by atoms with E-state index in [1.807, 2.05) is 44.2 Å². The van der Waals surface area contributed by atoms with Gasteiger partial charge in [0.05, 0.1) is 0 Å². The van der Waals surface area contributed by atoms with Crippen LogP contribution >= 0.6 is 0 Å². The van der Waals surface area contributed by atoms with Gasteiger partial charge in [-0.2, -0.15) is 0 Å². The third-order valence-corrected chi connectivity index (χ3v) is 3.87. The number of rotatable bonds is 2. The van der Waals surface area contributed by atoms with E-state index in [2.05, 4.69) is 20.8 Å². The summed E-state index contributed by atoms with van der Waals surface area (Å²) >= 11 is 0. The number of hydrogen-bond acceptors (Lipinski definition) is 2. The van der Waals surface area contributed by atoms with Gasteiger partial charge >= 0.3 is 0 Å². The maximum Gasteiger partial charge on any atom is 0.193 e. The third kappa shape index (κ3) is 3.15. The van der Waals surface area contributed by atoms with Crippen LogP contribution in [0.5, 0.6) is 0 Å². The van der Waals surface area contributed by atoms with Gasteiger partial charge in [-0.3, -0.25) is 4.79 Å². The Hall–Kier alpha value is -2.09. The van der Waals surface area contributed by atoms with Gasteiger partial charge in [-0.1, -0.05) is 51.1 Å². The number of ketones is 1. The molecule has 2 aromatic rings. The van der Waals surface area contributed by atoms with E-state index in [0.29, 0.717) is 16.8 Å². The largest absolute Gasteiger partial charge is 0.398 e. The van der Waals surface area contributed by atoms with E-state index in [1.165, 1.54) is 5.56 Å². The summed E-state index contributed by atoms with van der Waals surface area (Å²) in [6.07, 6.45) is 0. The van der Waals surface area contributed by atoms with Crippen molar-refractivity contribution in [2.75, 3.05) is 5.73 Å². The Kier molecular flexibility index (Phi) is 3.91. The van der Waals surface area contributed by atoms with Crippen LogP contribution < -0.4 is 5.73 Å². The minimum Gasteiger partial charge on any atom is -0.398 e. The van der Waals surface area contributed by atoms with E-state index >= 15 is 0 Å². The summed E-state index contributed by atoms with van der Waals surface area (Å²) in [7, 11) is 0. The molecule has 2 aromatic carbocycles. The Morgan fingerprint density at radius 3 is 2.05 bits per heavy atom. The lowest BCUT2D eigenvalue weighted by molar-refractivity contribution is 0.103. The van der Waals surface area contributed by atoms with Crippen LogP contribution in [0.2, 0.25) is 0 Å². The number of anilines is 1. The summed E-state index contributed by atoms with van der Waals surface area (Å²) in [5.74, 6) is 0.0275. The molecule has 110 valence electrons. The number of carbonyl (C=O) groups is 1. The van der Waals surface area contributed by atoms with Crippen LogP contribution in [0.3, 0.4) is 0 Å². The minimum absolute atomic E-state index is 0.0275. The van der Waals surface area contributed by atoms with Gasteiger partial charge in [0.2, 0.25) is 0 Å². The van der Waals surface area contributed by atoms with Crippen molar-refractivity contribution in [3.63, 3.8) is 0 Å². The number of hydrogen-bond donors (Lipinski definition) is 1. The van der Waals surface area contributed by atoms with Crippen molar-refractivity contribution in [1.29, 1.82) is 0 Å².